The lowest BCUT2D eigenvalue weighted by molar-refractivity contribution is -0.144. The number of benzene rings is 1. The molecule has 216 valence electrons. The summed E-state index contributed by atoms with van der Waals surface area (Å²) in [6, 6.07) is 1.58. The molecular formula is C29H38N4O7. The SMILES string of the molecule is CN(CCN1CCCC1)Cc1cc(O)c2c(c1N(C)C)CC1C[C@H]3CC(O)=C(C(N)=O)C(=O)[C@@]3(O)C(O)=C1C2=O. The van der Waals surface area contributed by atoms with Crippen LogP contribution in [-0.2, 0) is 22.6 Å². The zero-order valence-electron chi connectivity index (χ0n) is 23.2. The van der Waals surface area contributed by atoms with Gasteiger partial charge in [0.15, 0.2) is 11.4 Å². The highest BCUT2D eigenvalue weighted by atomic mass is 16.3. The van der Waals surface area contributed by atoms with Crippen LogP contribution in [0, 0.1) is 11.8 Å². The number of hydrogen-bond donors (Lipinski definition) is 5. The highest BCUT2D eigenvalue weighted by molar-refractivity contribution is 6.24. The standard InChI is InChI=1S/C29H38N4O7/c1-31(2)24-16(14-32(3)8-9-33-6-4-5-7-33)12-19(34)22-18(24)11-15-10-17-13-20(35)23(28(30)39)27(38)29(17,40)26(37)21(15)25(22)36/h12,15,17,34-35,37,40H,4-11,13-14H2,1-3H3,(H2,30,39)/t15?,17-,29-/m0/s1. The number of phenols is 1. The first-order chi connectivity index (χ1) is 18.9. The summed E-state index contributed by atoms with van der Waals surface area (Å²) in [4.78, 5) is 45.4. The number of nitrogens with two attached hydrogens (primary N) is 1. The van der Waals surface area contributed by atoms with Gasteiger partial charge in [0.05, 0.1) is 5.56 Å². The van der Waals surface area contributed by atoms with Crippen LogP contribution in [0.25, 0.3) is 0 Å². The van der Waals surface area contributed by atoms with Crippen molar-refractivity contribution in [2.75, 3.05) is 52.2 Å². The number of likely N-dealkylation sites (tertiary alicyclic amines) is 1. The van der Waals surface area contributed by atoms with Crippen molar-refractivity contribution in [1.29, 1.82) is 0 Å². The number of aliphatic hydroxyl groups is 3. The van der Waals surface area contributed by atoms with E-state index in [0.29, 0.717) is 12.1 Å². The minimum Gasteiger partial charge on any atom is -0.511 e. The topological polar surface area (TPSA) is 168 Å². The van der Waals surface area contributed by atoms with Crippen molar-refractivity contribution in [3.05, 3.63) is 45.4 Å². The van der Waals surface area contributed by atoms with Gasteiger partial charge in [0.1, 0.15) is 22.8 Å². The molecule has 40 heavy (non-hydrogen) atoms. The minimum absolute atomic E-state index is 0.0313. The number of allylic oxidation sites excluding steroid dienone is 2. The molecule has 3 aliphatic carbocycles. The van der Waals surface area contributed by atoms with Crippen LogP contribution in [0.5, 0.6) is 5.75 Å². The molecule has 1 heterocycles. The molecule has 1 aromatic carbocycles. The normalized spacial score (nSPS) is 26.7. The Bertz CT molecular complexity index is 1340. The quantitative estimate of drug-likeness (QED) is 0.309. The maximum atomic E-state index is 13.9. The first-order valence-electron chi connectivity index (χ1n) is 13.8. The Morgan fingerprint density at radius 2 is 1.80 bits per heavy atom. The number of rotatable bonds is 7. The van der Waals surface area contributed by atoms with E-state index < -0.39 is 52.0 Å². The van der Waals surface area contributed by atoms with Crippen LogP contribution in [0.3, 0.4) is 0 Å². The van der Waals surface area contributed by atoms with Gasteiger partial charge in [0, 0.05) is 57.3 Å². The molecule has 0 saturated carbocycles. The Kier molecular flexibility index (Phi) is 7.18. The summed E-state index contributed by atoms with van der Waals surface area (Å²) in [6.07, 6.45) is 2.59. The summed E-state index contributed by atoms with van der Waals surface area (Å²) in [5, 5.41) is 44.1. The van der Waals surface area contributed by atoms with Crippen molar-refractivity contribution in [3.63, 3.8) is 0 Å². The number of ketones is 2. The molecule has 0 spiro atoms. The van der Waals surface area contributed by atoms with E-state index in [9.17, 15) is 34.8 Å². The van der Waals surface area contributed by atoms with E-state index in [0.717, 1.165) is 37.4 Å². The van der Waals surface area contributed by atoms with Gasteiger partial charge in [0.2, 0.25) is 5.78 Å². The zero-order chi connectivity index (χ0) is 29.1. The van der Waals surface area contributed by atoms with E-state index in [1.54, 1.807) is 6.07 Å². The van der Waals surface area contributed by atoms with Gasteiger partial charge in [-0.05, 0) is 68.9 Å². The number of nitrogens with zero attached hydrogens (tertiary/aromatic N) is 3. The highest BCUT2D eigenvalue weighted by Gasteiger charge is 2.59. The number of aliphatic hydroxyl groups excluding tert-OH is 2. The Balaban J connectivity index is 1.52. The van der Waals surface area contributed by atoms with E-state index in [4.69, 9.17) is 5.73 Å². The molecule has 1 amide bonds. The van der Waals surface area contributed by atoms with Crippen LogP contribution < -0.4 is 10.6 Å². The number of anilines is 1. The summed E-state index contributed by atoms with van der Waals surface area (Å²) in [5.41, 5.74) is 4.12. The highest BCUT2D eigenvalue weighted by Crippen LogP contribution is 2.52. The Labute approximate surface area is 233 Å². The third-order valence-electron chi connectivity index (χ3n) is 9.00. The van der Waals surface area contributed by atoms with Gasteiger partial charge in [-0.25, -0.2) is 0 Å². The fraction of sp³-hybridized carbons (Fsp3) is 0.552. The molecule has 4 aliphatic rings. The largest absolute Gasteiger partial charge is 0.511 e. The molecule has 5 rings (SSSR count). The number of amides is 1. The number of aromatic hydroxyl groups is 1. The molecule has 1 unspecified atom stereocenters. The molecule has 11 nitrogen and oxygen atoms in total. The number of carbonyl (C=O) groups is 3. The molecule has 0 radical (unpaired) electrons. The zero-order valence-corrected chi connectivity index (χ0v) is 23.2. The molecule has 1 aromatic rings. The molecule has 1 saturated heterocycles. The van der Waals surface area contributed by atoms with Gasteiger partial charge in [0.25, 0.3) is 5.91 Å². The van der Waals surface area contributed by atoms with E-state index in [2.05, 4.69) is 9.80 Å². The second-order valence-electron chi connectivity index (χ2n) is 11.8. The van der Waals surface area contributed by atoms with Crippen LogP contribution in [0.15, 0.2) is 28.7 Å². The number of hydrogen-bond acceptors (Lipinski definition) is 10. The van der Waals surface area contributed by atoms with Crippen molar-refractivity contribution >= 4 is 23.2 Å². The number of primary amides is 1. The molecule has 6 N–H and O–H groups in total. The minimum atomic E-state index is -2.56. The van der Waals surface area contributed by atoms with E-state index in [1.807, 2.05) is 26.0 Å². The van der Waals surface area contributed by atoms with Gasteiger partial charge in [-0.1, -0.05) is 0 Å². The fourth-order valence-electron chi connectivity index (χ4n) is 7.11. The van der Waals surface area contributed by atoms with E-state index in [1.165, 1.54) is 12.8 Å². The van der Waals surface area contributed by atoms with Crippen molar-refractivity contribution in [1.82, 2.24) is 9.80 Å². The predicted molar refractivity (Wildman–Crippen MR) is 147 cm³/mol. The molecule has 1 aliphatic heterocycles. The number of carbonyl (C=O) groups excluding carboxylic acids is 3. The Morgan fingerprint density at radius 3 is 2.42 bits per heavy atom. The summed E-state index contributed by atoms with van der Waals surface area (Å²) < 4.78 is 0. The van der Waals surface area contributed by atoms with E-state index >= 15 is 0 Å². The molecule has 3 atom stereocenters. The summed E-state index contributed by atoms with van der Waals surface area (Å²) >= 11 is 0. The average molecular weight is 555 g/mol. The van der Waals surface area contributed by atoms with Crippen molar-refractivity contribution in [2.45, 2.75) is 44.2 Å². The smallest absolute Gasteiger partial charge is 0.255 e. The van der Waals surface area contributed by atoms with Crippen molar-refractivity contribution < 1.29 is 34.8 Å². The maximum absolute atomic E-state index is 13.9. The Hall–Kier alpha value is -3.41. The lowest BCUT2D eigenvalue weighted by Gasteiger charge is -2.46. The van der Waals surface area contributed by atoms with Gasteiger partial charge in [-0.15, -0.1) is 0 Å². The van der Waals surface area contributed by atoms with Gasteiger partial charge in [-0.2, -0.15) is 0 Å². The summed E-state index contributed by atoms with van der Waals surface area (Å²) in [7, 11) is 5.78. The van der Waals surface area contributed by atoms with Crippen LogP contribution in [0.4, 0.5) is 5.69 Å². The number of likely N-dealkylation sites (N-methyl/N-ethyl adjacent to an activating group) is 1. The Morgan fingerprint density at radius 1 is 1.12 bits per heavy atom. The fourth-order valence-corrected chi connectivity index (χ4v) is 7.11. The van der Waals surface area contributed by atoms with E-state index in [-0.39, 0.29) is 36.1 Å². The van der Waals surface area contributed by atoms with Gasteiger partial charge < -0.3 is 40.9 Å². The van der Waals surface area contributed by atoms with Crippen LogP contribution in [-0.4, -0.2) is 101 Å². The van der Waals surface area contributed by atoms with Crippen LogP contribution >= 0.6 is 0 Å². The molecule has 0 bridgehead atoms. The first-order valence-corrected chi connectivity index (χ1v) is 13.8. The molecular weight excluding hydrogens is 516 g/mol. The van der Waals surface area contributed by atoms with Crippen molar-refractivity contribution in [3.8, 4) is 5.75 Å². The second-order valence-corrected chi connectivity index (χ2v) is 11.8. The summed E-state index contributed by atoms with van der Waals surface area (Å²) in [5.74, 6) is -6.23. The number of fused-ring (bicyclic) bond motifs is 3. The average Bonchev–Trinajstić information content (AvgIpc) is 3.38. The maximum Gasteiger partial charge on any atom is 0.255 e. The third-order valence-corrected chi connectivity index (χ3v) is 9.00. The lowest BCUT2D eigenvalue weighted by atomic mass is 9.60. The first kappa shape index (κ1) is 28.1. The number of phenolic OH excluding ortho intramolecular Hbond substituents is 1. The molecule has 1 fully saturated rings. The molecule has 11 heteroatoms. The van der Waals surface area contributed by atoms with Gasteiger partial charge >= 0.3 is 0 Å². The van der Waals surface area contributed by atoms with Crippen molar-refractivity contribution in [2.24, 2.45) is 17.6 Å². The molecule has 0 aromatic heterocycles. The number of Topliss-reactive ketones (excluding diaryl/α,β-unsaturated/α-hetero) is 2. The van der Waals surface area contributed by atoms with Crippen LogP contribution in [0.2, 0.25) is 0 Å². The third kappa shape index (κ3) is 4.36. The summed E-state index contributed by atoms with van der Waals surface area (Å²) in [6.45, 7) is 4.59. The predicted octanol–water partition coefficient (Wildman–Crippen LogP) is 1.17. The van der Waals surface area contributed by atoms with Crippen LogP contribution in [0.1, 0.15) is 47.2 Å². The van der Waals surface area contributed by atoms with Gasteiger partial charge in [-0.3, -0.25) is 14.4 Å². The monoisotopic (exact) mass is 554 g/mol. The lowest BCUT2D eigenvalue weighted by Crippen LogP contribution is -2.57. The second kappa shape index (κ2) is 10.2.